The Balaban J connectivity index is 1.51. The zero-order valence-corrected chi connectivity index (χ0v) is 20.1. The maximum absolute atomic E-state index is 6.19. The fraction of sp³-hybridized carbons (Fsp3) is 0.423. The van der Waals surface area contributed by atoms with Gasteiger partial charge in [0.1, 0.15) is 11.3 Å². The molecule has 1 aliphatic heterocycles. The first kappa shape index (κ1) is 22.8. The first-order chi connectivity index (χ1) is 15.5. The molecule has 2 aromatic carbocycles. The number of thiocarbonyl (C=S) groups is 1. The van der Waals surface area contributed by atoms with Crippen LogP contribution in [0.15, 0.2) is 52.9 Å². The molecule has 0 unspecified atom stereocenters. The minimum atomic E-state index is 0.0259. The molecule has 32 heavy (non-hydrogen) atoms. The number of furan rings is 1. The highest BCUT2D eigenvalue weighted by Crippen LogP contribution is 2.28. The Kier molecular flexibility index (Phi) is 7.45. The molecule has 6 heteroatoms. The minimum Gasteiger partial charge on any atom is -0.459 e. The Bertz CT molecular complexity index is 1000. The number of hydrogen-bond donors (Lipinski definition) is 1. The van der Waals surface area contributed by atoms with Gasteiger partial charge in [0.25, 0.3) is 0 Å². The molecule has 1 aromatic heterocycles. The summed E-state index contributed by atoms with van der Waals surface area (Å²) in [5, 5.41) is 5.33. The van der Waals surface area contributed by atoms with Crippen LogP contribution < -0.4 is 5.32 Å². The summed E-state index contributed by atoms with van der Waals surface area (Å²) in [6.07, 6.45) is 1.03. The van der Waals surface area contributed by atoms with Crippen LogP contribution in [0.3, 0.4) is 0 Å². The second-order valence-electron chi connectivity index (χ2n) is 8.67. The molecular formula is C26H33N3O2S. The number of nitrogens with zero attached hydrogens (tertiary/aromatic N) is 2. The van der Waals surface area contributed by atoms with Crippen molar-refractivity contribution >= 4 is 34.0 Å². The van der Waals surface area contributed by atoms with Crippen LogP contribution in [0.2, 0.25) is 0 Å². The largest absolute Gasteiger partial charge is 0.459 e. The lowest BCUT2D eigenvalue weighted by Gasteiger charge is -2.32. The normalized spacial score (nSPS) is 15.6. The van der Waals surface area contributed by atoms with Crippen molar-refractivity contribution in [1.82, 2.24) is 9.80 Å². The summed E-state index contributed by atoms with van der Waals surface area (Å²) in [6.45, 7) is 11.9. The molecule has 1 saturated heterocycles. The van der Waals surface area contributed by atoms with Crippen LogP contribution in [0, 0.1) is 13.8 Å². The molecule has 2 heterocycles. The van der Waals surface area contributed by atoms with Crippen LogP contribution in [0.5, 0.6) is 0 Å². The van der Waals surface area contributed by atoms with Crippen molar-refractivity contribution in [2.45, 2.75) is 33.2 Å². The van der Waals surface area contributed by atoms with Gasteiger partial charge < -0.3 is 19.4 Å². The summed E-state index contributed by atoms with van der Waals surface area (Å²) in [7, 11) is 0. The Morgan fingerprint density at radius 2 is 1.81 bits per heavy atom. The van der Waals surface area contributed by atoms with Crippen molar-refractivity contribution in [3.8, 4) is 0 Å². The van der Waals surface area contributed by atoms with Gasteiger partial charge in [0.2, 0.25) is 0 Å². The fourth-order valence-corrected chi connectivity index (χ4v) is 4.73. The second-order valence-corrected chi connectivity index (χ2v) is 9.06. The van der Waals surface area contributed by atoms with Gasteiger partial charge in [0, 0.05) is 37.3 Å². The lowest BCUT2D eigenvalue weighted by atomic mass is 10.1. The molecule has 3 aromatic rings. The van der Waals surface area contributed by atoms with Crippen molar-refractivity contribution in [2.24, 2.45) is 0 Å². The monoisotopic (exact) mass is 451 g/mol. The number of nitrogens with one attached hydrogen (secondary N) is 1. The van der Waals surface area contributed by atoms with Crippen LogP contribution in [0.25, 0.3) is 11.0 Å². The molecule has 0 aliphatic carbocycles. The molecule has 1 atom stereocenters. The standard InChI is InChI=1S/C26H33N3O2S/c1-19-15-20(2)17-23(16-19)27-26(32)29(10-6-9-28-11-13-30-14-12-28)21(3)25-18-22-7-4-5-8-24(22)31-25/h4-5,7-8,15-18,21H,6,9-14H2,1-3H3,(H,27,32)/t21-/m1/s1. The minimum absolute atomic E-state index is 0.0259. The van der Waals surface area contributed by atoms with E-state index in [1.54, 1.807) is 0 Å². The maximum atomic E-state index is 6.19. The third-order valence-corrected chi connectivity index (χ3v) is 6.37. The number of para-hydroxylation sites is 1. The van der Waals surface area contributed by atoms with E-state index < -0.39 is 0 Å². The number of fused-ring (bicyclic) bond motifs is 1. The van der Waals surface area contributed by atoms with E-state index in [0.29, 0.717) is 0 Å². The van der Waals surface area contributed by atoms with Gasteiger partial charge in [-0.3, -0.25) is 4.90 Å². The van der Waals surface area contributed by atoms with E-state index in [1.165, 1.54) is 11.1 Å². The predicted molar refractivity (Wildman–Crippen MR) is 135 cm³/mol. The molecular weight excluding hydrogens is 418 g/mol. The number of ether oxygens (including phenoxy) is 1. The van der Waals surface area contributed by atoms with Gasteiger partial charge in [-0.2, -0.15) is 0 Å². The van der Waals surface area contributed by atoms with E-state index in [2.05, 4.69) is 66.2 Å². The summed E-state index contributed by atoms with van der Waals surface area (Å²) in [5.41, 5.74) is 4.39. The molecule has 0 radical (unpaired) electrons. The molecule has 1 fully saturated rings. The number of rotatable bonds is 7. The Labute approximate surface area is 196 Å². The Hall–Kier alpha value is -2.41. The summed E-state index contributed by atoms with van der Waals surface area (Å²) in [6, 6.07) is 16.8. The number of anilines is 1. The van der Waals surface area contributed by atoms with Gasteiger partial charge >= 0.3 is 0 Å². The van der Waals surface area contributed by atoms with E-state index in [1.807, 2.05) is 18.2 Å². The molecule has 170 valence electrons. The number of morpholine rings is 1. The smallest absolute Gasteiger partial charge is 0.174 e. The van der Waals surface area contributed by atoms with Gasteiger partial charge in [-0.25, -0.2) is 0 Å². The molecule has 5 nitrogen and oxygen atoms in total. The van der Waals surface area contributed by atoms with Gasteiger partial charge in [-0.1, -0.05) is 24.3 Å². The molecule has 4 rings (SSSR count). The van der Waals surface area contributed by atoms with Gasteiger partial charge in [0.15, 0.2) is 5.11 Å². The summed E-state index contributed by atoms with van der Waals surface area (Å²) >= 11 is 5.91. The highest BCUT2D eigenvalue weighted by molar-refractivity contribution is 7.80. The average molecular weight is 452 g/mol. The van der Waals surface area contributed by atoms with Gasteiger partial charge in [-0.15, -0.1) is 0 Å². The van der Waals surface area contributed by atoms with Gasteiger partial charge in [-0.05, 0) is 74.8 Å². The SMILES string of the molecule is Cc1cc(C)cc(NC(=S)N(CCCN2CCOCC2)[C@H](C)c2cc3ccccc3o2)c1. The lowest BCUT2D eigenvalue weighted by Crippen LogP contribution is -2.41. The number of aryl methyl sites for hydroxylation is 2. The zero-order valence-electron chi connectivity index (χ0n) is 19.3. The summed E-state index contributed by atoms with van der Waals surface area (Å²) < 4.78 is 11.7. The Morgan fingerprint density at radius 1 is 1.09 bits per heavy atom. The van der Waals surface area contributed by atoms with Crippen molar-refractivity contribution in [3.05, 3.63) is 65.4 Å². The van der Waals surface area contributed by atoms with Crippen LogP contribution >= 0.6 is 12.2 Å². The molecule has 1 N–H and O–H groups in total. The number of hydrogen-bond acceptors (Lipinski definition) is 4. The zero-order chi connectivity index (χ0) is 22.5. The van der Waals surface area contributed by atoms with Crippen LogP contribution in [-0.2, 0) is 4.74 Å². The predicted octanol–water partition coefficient (Wildman–Crippen LogP) is 5.53. The first-order valence-corrected chi connectivity index (χ1v) is 11.8. The highest BCUT2D eigenvalue weighted by atomic mass is 32.1. The molecule has 0 saturated carbocycles. The van der Waals surface area contributed by atoms with Crippen molar-refractivity contribution in [1.29, 1.82) is 0 Å². The average Bonchev–Trinajstić information content (AvgIpc) is 3.20. The first-order valence-electron chi connectivity index (χ1n) is 11.4. The molecule has 0 spiro atoms. The summed E-state index contributed by atoms with van der Waals surface area (Å²) in [5.74, 6) is 0.933. The molecule has 1 aliphatic rings. The second kappa shape index (κ2) is 10.5. The van der Waals surface area contributed by atoms with E-state index in [4.69, 9.17) is 21.4 Å². The van der Waals surface area contributed by atoms with Crippen LogP contribution in [0.4, 0.5) is 5.69 Å². The van der Waals surface area contributed by atoms with Gasteiger partial charge in [0.05, 0.1) is 19.3 Å². The highest BCUT2D eigenvalue weighted by Gasteiger charge is 2.23. The van der Waals surface area contributed by atoms with E-state index in [0.717, 1.165) is 73.3 Å². The summed E-state index contributed by atoms with van der Waals surface area (Å²) in [4.78, 5) is 4.72. The third-order valence-electron chi connectivity index (χ3n) is 6.03. The fourth-order valence-electron chi connectivity index (χ4n) is 4.36. The maximum Gasteiger partial charge on any atom is 0.174 e. The van der Waals surface area contributed by atoms with Crippen LogP contribution in [0.1, 0.15) is 36.3 Å². The van der Waals surface area contributed by atoms with E-state index in [9.17, 15) is 0 Å². The topological polar surface area (TPSA) is 40.9 Å². The quantitative estimate of drug-likeness (QED) is 0.476. The van der Waals surface area contributed by atoms with E-state index >= 15 is 0 Å². The third kappa shape index (κ3) is 5.68. The number of benzene rings is 2. The Morgan fingerprint density at radius 3 is 2.53 bits per heavy atom. The van der Waals surface area contributed by atoms with E-state index in [-0.39, 0.29) is 6.04 Å². The van der Waals surface area contributed by atoms with Crippen molar-refractivity contribution < 1.29 is 9.15 Å². The molecule has 0 amide bonds. The van der Waals surface area contributed by atoms with Crippen LogP contribution in [-0.4, -0.2) is 54.3 Å². The lowest BCUT2D eigenvalue weighted by molar-refractivity contribution is 0.0365. The van der Waals surface area contributed by atoms with Crippen molar-refractivity contribution in [2.75, 3.05) is 44.7 Å². The molecule has 0 bridgehead atoms. The van der Waals surface area contributed by atoms with Crippen molar-refractivity contribution in [3.63, 3.8) is 0 Å².